The summed E-state index contributed by atoms with van der Waals surface area (Å²) >= 11 is 0. The van der Waals surface area contributed by atoms with E-state index in [0.717, 1.165) is 29.1 Å². The van der Waals surface area contributed by atoms with E-state index < -0.39 is 0 Å². The van der Waals surface area contributed by atoms with E-state index in [-0.39, 0.29) is 11.3 Å². The zero-order valence-corrected chi connectivity index (χ0v) is 20.4. The molecule has 6 nitrogen and oxygen atoms in total. The number of carbonyl (C=O) groups excluding carboxylic acids is 1. The van der Waals surface area contributed by atoms with Crippen molar-refractivity contribution in [3.63, 3.8) is 0 Å². The average Bonchev–Trinajstić information content (AvgIpc) is 3.52. The number of nitrogens with one attached hydrogen (secondary N) is 1. The van der Waals surface area contributed by atoms with Crippen molar-refractivity contribution >= 4 is 11.6 Å². The first-order valence-electron chi connectivity index (χ1n) is 13.2. The van der Waals surface area contributed by atoms with Gasteiger partial charge >= 0.3 is 0 Å². The third-order valence-electron chi connectivity index (χ3n) is 8.60. The number of anilines is 1. The molecule has 0 atom stereocenters. The van der Waals surface area contributed by atoms with Gasteiger partial charge in [-0.2, -0.15) is 10.2 Å². The Balaban J connectivity index is 1.21. The minimum atomic E-state index is -0.0952. The van der Waals surface area contributed by atoms with Gasteiger partial charge in [0, 0.05) is 17.8 Å². The van der Waals surface area contributed by atoms with Gasteiger partial charge < -0.3 is 5.32 Å². The molecule has 2 heterocycles. The summed E-state index contributed by atoms with van der Waals surface area (Å²) in [5.41, 5.74) is 4.60. The molecule has 0 aliphatic heterocycles. The van der Waals surface area contributed by atoms with Crippen molar-refractivity contribution in [1.29, 1.82) is 0 Å². The van der Waals surface area contributed by atoms with Gasteiger partial charge in [0.05, 0.1) is 35.4 Å². The van der Waals surface area contributed by atoms with Gasteiger partial charge in [-0.1, -0.05) is 48.5 Å². The lowest BCUT2D eigenvalue weighted by Crippen LogP contribution is -2.49. The number of benzene rings is 2. The number of nitrogens with zero attached hydrogens (tertiary/aromatic N) is 4. The van der Waals surface area contributed by atoms with Crippen LogP contribution in [0.15, 0.2) is 79.3 Å². The van der Waals surface area contributed by atoms with Crippen molar-refractivity contribution in [2.24, 2.45) is 17.8 Å². The van der Waals surface area contributed by atoms with Gasteiger partial charge in [0.15, 0.2) is 0 Å². The summed E-state index contributed by atoms with van der Waals surface area (Å²) < 4.78 is 3.76. The molecule has 4 aliphatic carbocycles. The van der Waals surface area contributed by atoms with Crippen LogP contribution in [0.25, 0.3) is 5.69 Å². The minimum absolute atomic E-state index is 0.0267. The van der Waals surface area contributed by atoms with E-state index in [1.807, 2.05) is 70.3 Å². The Labute approximate surface area is 211 Å². The van der Waals surface area contributed by atoms with E-state index in [1.54, 1.807) is 6.20 Å². The summed E-state index contributed by atoms with van der Waals surface area (Å²) in [6.45, 7) is 0.668. The van der Waals surface area contributed by atoms with Crippen LogP contribution in [0.3, 0.4) is 0 Å². The summed E-state index contributed by atoms with van der Waals surface area (Å²) in [5, 5.41) is 12.7. The fourth-order valence-corrected chi connectivity index (χ4v) is 7.53. The molecule has 4 aromatic rings. The highest BCUT2D eigenvalue weighted by Gasteiger charge is 2.53. The van der Waals surface area contributed by atoms with Crippen LogP contribution >= 0.6 is 0 Å². The van der Waals surface area contributed by atoms with E-state index in [2.05, 4.69) is 22.5 Å². The van der Waals surface area contributed by atoms with Gasteiger partial charge in [0.2, 0.25) is 0 Å². The number of hydrogen-bond acceptors (Lipinski definition) is 3. The Kier molecular flexibility index (Phi) is 5.08. The van der Waals surface area contributed by atoms with Gasteiger partial charge in [-0.15, -0.1) is 0 Å². The molecule has 2 aromatic heterocycles. The topological polar surface area (TPSA) is 64.7 Å². The molecule has 0 radical (unpaired) electrons. The Hall–Kier alpha value is -3.67. The van der Waals surface area contributed by atoms with E-state index >= 15 is 0 Å². The fraction of sp³-hybridized carbons (Fsp3) is 0.367. The normalized spacial score (nSPS) is 26.3. The highest BCUT2D eigenvalue weighted by atomic mass is 16.1. The summed E-state index contributed by atoms with van der Waals surface area (Å²) in [4.78, 5) is 13.7. The van der Waals surface area contributed by atoms with Crippen LogP contribution in [0.1, 0.15) is 60.1 Å². The van der Waals surface area contributed by atoms with Crippen LogP contribution in [0.4, 0.5) is 5.69 Å². The van der Waals surface area contributed by atoms with Crippen molar-refractivity contribution in [2.45, 2.75) is 50.5 Å². The second-order valence-electron chi connectivity index (χ2n) is 11.2. The zero-order chi connectivity index (χ0) is 24.1. The lowest BCUT2D eigenvalue weighted by Gasteiger charge is -2.56. The van der Waals surface area contributed by atoms with Crippen LogP contribution in [-0.2, 0) is 12.0 Å². The Bertz CT molecular complexity index is 1350. The predicted molar refractivity (Wildman–Crippen MR) is 139 cm³/mol. The van der Waals surface area contributed by atoms with Crippen molar-refractivity contribution in [3.05, 3.63) is 96.1 Å². The fourth-order valence-electron chi connectivity index (χ4n) is 7.53. The summed E-state index contributed by atoms with van der Waals surface area (Å²) in [5.74, 6) is 2.25. The Morgan fingerprint density at radius 1 is 0.889 bits per heavy atom. The quantitative estimate of drug-likeness (QED) is 0.380. The van der Waals surface area contributed by atoms with Crippen LogP contribution in [-0.4, -0.2) is 25.5 Å². The van der Waals surface area contributed by atoms with Crippen LogP contribution in [0, 0.1) is 17.8 Å². The number of amides is 1. The SMILES string of the molecule is O=C(Nc1cnn(Cc2ccccc2)c1)c1cn(-c2ccccc2)nc1C12CC3CC(CC(C3)C1)C2. The molecule has 6 heteroatoms. The highest BCUT2D eigenvalue weighted by Crippen LogP contribution is 2.60. The number of para-hydroxylation sites is 1. The summed E-state index contributed by atoms with van der Waals surface area (Å²) in [6, 6.07) is 20.4. The monoisotopic (exact) mass is 477 g/mol. The predicted octanol–water partition coefficient (Wildman–Crippen LogP) is 5.84. The lowest BCUT2D eigenvalue weighted by atomic mass is 9.48. The van der Waals surface area contributed by atoms with Crippen LogP contribution < -0.4 is 5.32 Å². The molecule has 182 valence electrons. The van der Waals surface area contributed by atoms with Crippen molar-refractivity contribution in [1.82, 2.24) is 19.6 Å². The Morgan fingerprint density at radius 2 is 1.53 bits per heavy atom. The molecule has 0 saturated heterocycles. The number of aromatic nitrogens is 4. The molecule has 4 saturated carbocycles. The molecule has 4 aliphatic rings. The second kappa shape index (κ2) is 8.47. The molecule has 8 rings (SSSR count). The zero-order valence-electron chi connectivity index (χ0n) is 20.4. The molecule has 2 aromatic carbocycles. The third kappa shape index (κ3) is 3.85. The van der Waals surface area contributed by atoms with E-state index in [0.29, 0.717) is 17.8 Å². The van der Waals surface area contributed by atoms with E-state index in [4.69, 9.17) is 5.10 Å². The maximum atomic E-state index is 13.7. The van der Waals surface area contributed by atoms with Crippen molar-refractivity contribution < 1.29 is 4.79 Å². The number of hydrogen-bond donors (Lipinski definition) is 1. The molecular formula is C30H31N5O. The molecule has 1 amide bonds. The van der Waals surface area contributed by atoms with Crippen molar-refractivity contribution in [2.75, 3.05) is 5.32 Å². The summed E-state index contributed by atoms with van der Waals surface area (Å²) in [7, 11) is 0. The van der Waals surface area contributed by atoms with Gasteiger partial charge in [-0.3, -0.25) is 9.48 Å². The highest BCUT2D eigenvalue weighted by molar-refractivity contribution is 6.05. The second-order valence-corrected chi connectivity index (χ2v) is 11.2. The molecular weight excluding hydrogens is 446 g/mol. The number of rotatable bonds is 6. The molecule has 1 N–H and O–H groups in total. The van der Waals surface area contributed by atoms with Crippen molar-refractivity contribution in [3.8, 4) is 5.69 Å². The largest absolute Gasteiger partial charge is 0.319 e. The Morgan fingerprint density at radius 3 is 2.19 bits per heavy atom. The molecule has 36 heavy (non-hydrogen) atoms. The van der Waals surface area contributed by atoms with Gasteiger partial charge in [0.1, 0.15) is 0 Å². The molecule has 4 fully saturated rings. The van der Waals surface area contributed by atoms with Crippen LogP contribution in [0.5, 0.6) is 0 Å². The average molecular weight is 478 g/mol. The minimum Gasteiger partial charge on any atom is -0.319 e. The summed E-state index contributed by atoms with van der Waals surface area (Å²) in [6.07, 6.45) is 13.2. The maximum absolute atomic E-state index is 13.7. The first kappa shape index (κ1) is 21.6. The molecule has 0 unspecified atom stereocenters. The third-order valence-corrected chi connectivity index (χ3v) is 8.60. The lowest BCUT2D eigenvalue weighted by molar-refractivity contribution is -0.00765. The van der Waals surface area contributed by atoms with Gasteiger partial charge in [0.25, 0.3) is 5.91 Å². The maximum Gasteiger partial charge on any atom is 0.259 e. The molecule has 4 bridgehead atoms. The van der Waals surface area contributed by atoms with E-state index in [1.165, 1.54) is 44.1 Å². The van der Waals surface area contributed by atoms with Crippen LogP contribution in [0.2, 0.25) is 0 Å². The smallest absolute Gasteiger partial charge is 0.259 e. The van der Waals surface area contributed by atoms with Gasteiger partial charge in [-0.05, 0) is 74.0 Å². The van der Waals surface area contributed by atoms with E-state index in [9.17, 15) is 4.79 Å². The standard InChI is InChI=1S/C30H31N5O/c36-29(32-25-17-31-34(19-25)18-21-7-3-1-4-8-21)27-20-35(26-9-5-2-6-10-26)33-28(27)30-14-22-11-23(15-30)13-24(12-22)16-30/h1-10,17,19-20,22-24H,11-16,18H2,(H,32,36). The van der Waals surface area contributed by atoms with Gasteiger partial charge in [-0.25, -0.2) is 4.68 Å². The number of carbonyl (C=O) groups is 1. The first-order chi connectivity index (χ1) is 17.6. The first-order valence-corrected chi connectivity index (χ1v) is 13.2. The molecule has 0 spiro atoms.